The van der Waals surface area contributed by atoms with Crippen molar-refractivity contribution < 1.29 is 4.79 Å². The number of pyridine rings is 1. The first-order valence-electron chi connectivity index (χ1n) is 8.01. The smallest absolute Gasteiger partial charge is 0.232 e. The number of nitrogens with zero attached hydrogens (tertiary/aromatic N) is 2. The maximum Gasteiger partial charge on any atom is 0.232 e. The summed E-state index contributed by atoms with van der Waals surface area (Å²) < 4.78 is 0. The normalized spacial score (nSPS) is 11.3. The molecule has 1 heterocycles. The van der Waals surface area contributed by atoms with Gasteiger partial charge >= 0.3 is 0 Å². The monoisotopic (exact) mass is 327 g/mol. The van der Waals surface area contributed by atoms with Crippen molar-refractivity contribution in [1.29, 1.82) is 5.26 Å². The fourth-order valence-corrected chi connectivity index (χ4v) is 2.66. The van der Waals surface area contributed by atoms with Gasteiger partial charge in [-0.25, -0.2) is 0 Å². The van der Waals surface area contributed by atoms with Crippen molar-refractivity contribution in [3.8, 4) is 6.07 Å². The van der Waals surface area contributed by atoms with E-state index in [1.807, 2.05) is 42.5 Å². The van der Waals surface area contributed by atoms with Gasteiger partial charge in [0.2, 0.25) is 5.91 Å². The second-order valence-electron chi connectivity index (χ2n) is 5.71. The molecule has 0 aliphatic carbocycles. The van der Waals surface area contributed by atoms with Crippen LogP contribution >= 0.6 is 0 Å². The van der Waals surface area contributed by atoms with Gasteiger partial charge in [-0.05, 0) is 47.9 Å². The van der Waals surface area contributed by atoms with Crippen LogP contribution in [0.4, 0.5) is 5.69 Å². The molecule has 0 saturated heterocycles. The highest BCUT2D eigenvalue weighted by Crippen LogP contribution is 2.23. The number of nitrogens with one attached hydrogen (secondary N) is 1. The van der Waals surface area contributed by atoms with E-state index < -0.39 is 0 Å². The predicted molar refractivity (Wildman–Crippen MR) is 96.9 cm³/mol. The van der Waals surface area contributed by atoms with Crippen molar-refractivity contribution in [2.45, 2.75) is 12.3 Å². The Morgan fingerprint density at radius 2 is 1.80 bits per heavy atom. The number of nitriles is 1. The summed E-state index contributed by atoms with van der Waals surface area (Å²) in [4.78, 5) is 17.0. The van der Waals surface area contributed by atoms with Crippen LogP contribution in [0, 0.1) is 11.3 Å². The van der Waals surface area contributed by atoms with Crippen LogP contribution in [-0.4, -0.2) is 10.9 Å². The van der Waals surface area contributed by atoms with E-state index in [0.29, 0.717) is 17.7 Å². The zero-order valence-electron chi connectivity index (χ0n) is 13.6. The molecule has 1 amide bonds. The first kappa shape index (κ1) is 16.4. The molecule has 0 bridgehead atoms. The summed E-state index contributed by atoms with van der Waals surface area (Å²) in [5.41, 5.74) is 3.20. The van der Waals surface area contributed by atoms with Crippen molar-refractivity contribution in [2.24, 2.45) is 0 Å². The van der Waals surface area contributed by atoms with E-state index in [-0.39, 0.29) is 11.8 Å². The van der Waals surface area contributed by atoms with Gasteiger partial charge < -0.3 is 5.32 Å². The fraction of sp³-hybridized carbons (Fsp3) is 0.0952. The molecule has 3 aromatic rings. The lowest BCUT2D eigenvalue weighted by Gasteiger charge is -2.17. The number of hydrogen-bond donors (Lipinski definition) is 1. The van der Waals surface area contributed by atoms with E-state index in [0.717, 1.165) is 11.1 Å². The first-order chi connectivity index (χ1) is 12.3. The summed E-state index contributed by atoms with van der Waals surface area (Å²) in [5.74, 6) is -0.402. The Labute approximate surface area is 146 Å². The van der Waals surface area contributed by atoms with Crippen LogP contribution in [0.3, 0.4) is 0 Å². The van der Waals surface area contributed by atoms with Crippen LogP contribution in [0.15, 0.2) is 79.1 Å². The lowest BCUT2D eigenvalue weighted by atomic mass is 9.91. The number of amides is 1. The average molecular weight is 327 g/mol. The Hall–Kier alpha value is -3.45. The molecule has 1 unspecified atom stereocenters. The SMILES string of the molecule is N#Cc1ccc(NC(=O)C(Cc2cccnc2)c2ccccc2)cc1. The molecule has 0 saturated carbocycles. The molecular weight excluding hydrogens is 310 g/mol. The number of hydrogen-bond acceptors (Lipinski definition) is 3. The van der Waals surface area contributed by atoms with Gasteiger partial charge in [-0.15, -0.1) is 0 Å². The lowest BCUT2D eigenvalue weighted by Crippen LogP contribution is -2.23. The van der Waals surface area contributed by atoms with Crippen LogP contribution in [-0.2, 0) is 11.2 Å². The zero-order chi connectivity index (χ0) is 17.5. The van der Waals surface area contributed by atoms with E-state index in [4.69, 9.17) is 5.26 Å². The van der Waals surface area contributed by atoms with Gasteiger partial charge in [0, 0.05) is 18.1 Å². The van der Waals surface area contributed by atoms with Gasteiger partial charge in [-0.3, -0.25) is 9.78 Å². The first-order valence-corrected chi connectivity index (χ1v) is 8.01. The summed E-state index contributed by atoms with van der Waals surface area (Å²) in [5, 5.41) is 11.8. The number of carbonyl (C=O) groups is 1. The van der Waals surface area contributed by atoms with Crippen molar-refractivity contribution in [3.05, 3.63) is 95.8 Å². The van der Waals surface area contributed by atoms with Gasteiger partial charge in [-0.2, -0.15) is 5.26 Å². The van der Waals surface area contributed by atoms with Crippen LogP contribution in [0.5, 0.6) is 0 Å². The Bertz CT molecular complexity index is 869. The van der Waals surface area contributed by atoms with Gasteiger partial charge in [-0.1, -0.05) is 36.4 Å². The molecule has 0 radical (unpaired) electrons. The Kier molecular flexibility index (Phi) is 5.18. The van der Waals surface area contributed by atoms with E-state index in [1.54, 1.807) is 36.7 Å². The summed E-state index contributed by atoms with van der Waals surface area (Å²) in [7, 11) is 0. The van der Waals surface area contributed by atoms with E-state index in [2.05, 4.69) is 16.4 Å². The molecule has 4 heteroatoms. The highest BCUT2D eigenvalue weighted by atomic mass is 16.1. The number of benzene rings is 2. The zero-order valence-corrected chi connectivity index (χ0v) is 13.6. The number of rotatable bonds is 5. The molecule has 1 atom stereocenters. The topological polar surface area (TPSA) is 65.8 Å². The van der Waals surface area contributed by atoms with Gasteiger partial charge in [0.1, 0.15) is 0 Å². The molecule has 0 spiro atoms. The third-order valence-electron chi connectivity index (χ3n) is 3.96. The molecule has 1 N–H and O–H groups in total. The largest absolute Gasteiger partial charge is 0.326 e. The summed E-state index contributed by atoms with van der Waals surface area (Å²) >= 11 is 0. The molecular formula is C21H17N3O. The Morgan fingerprint density at radius 3 is 2.44 bits per heavy atom. The van der Waals surface area contributed by atoms with Crippen LogP contribution in [0.1, 0.15) is 22.6 Å². The Balaban J connectivity index is 1.82. The molecule has 1 aromatic heterocycles. The van der Waals surface area contributed by atoms with Crippen molar-refractivity contribution >= 4 is 11.6 Å². The summed E-state index contributed by atoms with van der Waals surface area (Å²) in [6, 6.07) is 22.5. The van der Waals surface area contributed by atoms with Crippen LogP contribution < -0.4 is 5.32 Å². The minimum atomic E-state index is -0.318. The second kappa shape index (κ2) is 7.89. The van der Waals surface area contributed by atoms with Crippen molar-refractivity contribution in [3.63, 3.8) is 0 Å². The minimum Gasteiger partial charge on any atom is -0.326 e. The molecule has 25 heavy (non-hydrogen) atoms. The predicted octanol–water partition coefficient (Wildman–Crippen LogP) is 3.92. The molecule has 2 aromatic carbocycles. The highest BCUT2D eigenvalue weighted by Gasteiger charge is 2.21. The van der Waals surface area contributed by atoms with Gasteiger partial charge in [0.15, 0.2) is 0 Å². The summed E-state index contributed by atoms with van der Waals surface area (Å²) in [6.07, 6.45) is 4.07. The molecule has 3 rings (SSSR count). The summed E-state index contributed by atoms with van der Waals surface area (Å²) in [6.45, 7) is 0. The molecule has 0 aliphatic rings. The quantitative estimate of drug-likeness (QED) is 0.772. The Morgan fingerprint density at radius 1 is 1.04 bits per heavy atom. The molecule has 0 fully saturated rings. The standard InChI is InChI=1S/C21H17N3O/c22-14-16-8-10-19(11-9-16)24-21(25)20(18-6-2-1-3-7-18)13-17-5-4-12-23-15-17/h1-12,15,20H,13H2,(H,24,25). The second-order valence-corrected chi connectivity index (χ2v) is 5.71. The third kappa shape index (κ3) is 4.30. The van der Waals surface area contributed by atoms with Gasteiger partial charge in [0.05, 0.1) is 17.6 Å². The van der Waals surface area contributed by atoms with Crippen LogP contribution in [0.25, 0.3) is 0 Å². The van der Waals surface area contributed by atoms with Crippen molar-refractivity contribution in [1.82, 2.24) is 4.98 Å². The van der Waals surface area contributed by atoms with Crippen molar-refractivity contribution in [2.75, 3.05) is 5.32 Å². The highest BCUT2D eigenvalue weighted by molar-refractivity contribution is 5.96. The number of aromatic nitrogens is 1. The molecule has 0 aliphatic heterocycles. The van der Waals surface area contributed by atoms with Gasteiger partial charge in [0.25, 0.3) is 0 Å². The van der Waals surface area contributed by atoms with E-state index in [1.165, 1.54) is 0 Å². The van der Waals surface area contributed by atoms with E-state index >= 15 is 0 Å². The molecule has 122 valence electrons. The third-order valence-corrected chi connectivity index (χ3v) is 3.96. The fourth-order valence-electron chi connectivity index (χ4n) is 2.66. The molecule has 4 nitrogen and oxygen atoms in total. The van der Waals surface area contributed by atoms with Crippen LogP contribution in [0.2, 0.25) is 0 Å². The minimum absolute atomic E-state index is 0.0836. The maximum absolute atomic E-state index is 12.9. The average Bonchev–Trinajstić information content (AvgIpc) is 2.68. The number of anilines is 1. The maximum atomic E-state index is 12.9. The number of carbonyl (C=O) groups excluding carboxylic acids is 1. The van der Waals surface area contributed by atoms with E-state index in [9.17, 15) is 4.79 Å². The lowest BCUT2D eigenvalue weighted by molar-refractivity contribution is -0.117.